The summed E-state index contributed by atoms with van der Waals surface area (Å²) >= 11 is 3.24. The summed E-state index contributed by atoms with van der Waals surface area (Å²) in [5.74, 6) is -2.38. The molecule has 1 saturated heterocycles. The highest BCUT2D eigenvalue weighted by Gasteiger charge is 2.68. The fourth-order valence-corrected chi connectivity index (χ4v) is 9.01. The molecule has 0 spiro atoms. The number of nitriles is 1. The van der Waals surface area contributed by atoms with Crippen LogP contribution in [0.1, 0.15) is 93.1 Å². The minimum atomic E-state index is -4.47. The lowest BCUT2D eigenvalue weighted by atomic mass is 9.78. The van der Waals surface area contributed by atoms with Crippen LogP contribution in [0.4, 0.5) is 64.2 Å². The molecule has 11 rings (SSSR count). The van der Waals surface area contributed by atoms with Crippen molar-refractivity contribution in [1.29, 1.82) is 5.26 Å². The van der Waals surface area contributed by atoms with Gasteiger partial charge < -0.3 is 39.2 Å². The summed E-state index contributed by atoms with van der Waals surface area (Å²) in [4.78, 5) is 44.7. The van der Waals surface area contributed by atoms with Crippen molar-refractivity contribution in [3.05, 3.63) is 153 Å². The second kappa shape index (κ2) is 23.8. The van der Waals surface area contributed by atoms with Gasteiger partial charge in [0.25, 0.3) is 5.82 Å². The molecule has 2 aliphatic carbocycles. The molecule has 0 bridgehead atoms. The quantitative estimate of drug-likeness (QED) is 0.0520. The third kappa shape index (κ3) is 13.6. The number of carbonyl (C=O) groups is 2. The van der Waals surface area contributed by atoms with Crippen molar-refractivity contribution in [2.24, 2.45) is 14.1 Å². The first-order chi connectivity index (χ1) is 40.5. The summed E-state index contributed by atoms with van der Waals surface area (Å²) in [6, 6.07) is 12.7. The van der Waals surface area contributed by atoms with Crippen molar-refractivity contribution in [2.75, 3.05) is 16.0 Å². The highest BCUT2D eigenvalue weighted by atomic mass is 79.9. The van der Waals surface area contributed by atoms with Gasteiger partial charge >= 0.3 is 19.5 Å². The van der Waals surface area contributed by atoms with Gasteiger partial charge in [-0.2, -0.15) is 36.7 Å². The maximum Gasteiger partial charge on any atom is 0.494 e. The van der Waals surface area contributed by atoms with Crippen LogP contribution in [0.15, 0.2) is 99.2 Å². The van der Waals surface area contributed by atoms with Gasteiger partial charge in [0.15, 0.2) is 28.9 Å². The van der Waals surface area contributed by atoms with Crippen LogP contribution in [0.5, 0.6) is 0 Å². The van der Waals surface area contributed by atoms with E-state index in [1.165, 1.54) is 36.7 Å². The van der Waals surface area contributed by atoms with Crippen molar-refractivity contribution in [1.82, 2.24) is 49.8 Å². The Hall–Kier alpha value is -8.94. The number of nitrogens with one attached hydrogen (secondary N) is 3. The summed E-state index contributed by atoms with van der Waals surface area (Å²) < 4.78 is 134. The number of anilines is 4. The Morgan fingerprint density at radius 2 is 1.23 bits per heavy atom. The molecule has 21 nitrogen and oxygen atoms in total. The second-order valence-corrected chi connectivity index (χ2v) is 22.3. The molecule has 1 aliphatic heterocycles. The Labute approximate surface area is 493 Å². The first-order valence-corrected chi connectivity index (χ1v) is 26.8. The number of benzene rings is 2. The molecule has 3 N–H and O–H groups in total. The van der Waals surface area contributed by atoms with Crippen LogP contribution in [0.2, 0.25) is 0 Å². The van der Waals surface area contributed by atoms with E-state index in [9.17, 15) is 44.7 Å². The predicted molar refractivity (Wildman–Crippen MR) is 294 cm³/mol. The summed E-state index contributed by atoms with van der Waals surface area (Å²) in [6.45, 7) is 14.7. The lowest BCUT2D eigenvalue weighted by Gasteiger charge is -2.32. The average Bonchev–Trinajstić information content (AvgIpc) is 2.45. The average molecular weight is 1260 g/mol. The van der Waals surface area contributed by atoms with Gasteiger partial charge in [-0.05, 0) is 109 Å². The molecule has 8 aromatic rings. The van der Waals surface area contributed by atoms with Crippen LogP contribution in [0.3, 0.4) is 0 Å². The fourth-order valence-electron chi connectivity index (χ4n) is 8.80. The maximum absolute atomic E-state index is 14.8. The molecular formula is C55H49BBrF8N15O6. The Balaban J connectivity index is 0.000000166. The molecular weight excluding hydrogens is 1210 g/mol. The number of hydrogen-bond acceptors (Lipinski definition) is 16. The highest BCUT2D eigenvalue weighted by molar-refractivity contribution is 9.10. The largest absolute Gasteiger partial charge is 0.494 e. The highest BCUT2D eigenvalue weighted by Crippen LogP contribution is 2.60. The number of carbonyl (C=O) groups excluding carboxylic acids is 2. The first kappa shape index (κ1) is 61.6. The van der Waals surface area contributed by atoms with E-state index in [1.54, 1.807) is 60.4 Å². The van der Waals surface area contributed by atoms with E-state index >= 15 is 0 Å². The van der Waals surface area contributed by atoms with E-state index in [0.717, 1.165) is 16.6 Å². The first-order valence-electron chi connectivity index (χ1n) is 26.0. The minimum absolute atomic E-state index is 0.0839. The third-order valence-corrected chi connectivity index (χ3v) is 15.0. The molecule has 7 heterocycles. The van der Waals surface area contributed by atoms with Crippen LogP contribution in [0.25, 0.3) is 16.0 Å². The van der Waals surface area contributed by atoms with E-state index in [4.69, 9.17) is 30.2 Å². The molecule has 2 aromatic carbocycles. The normalized spacial score (nSPS) is 15.9. The molecule has 0 radical (unpaired) electrons. The predicted octanol–water partition coefficient (Wildman–Crippen LogP) is 10.4. The van der Waals surface area contributed by atoms with Gasteiger partial charge in [-0.25, -0.2) is 33.4 Å². The number of aryl methyl sites for hydroxylation is 2. The van der Waals surface area contributed by atoms with E-state index < -0.39 is 65.0 Å². The lowest BCUT2D eigenvalue weighted by Crippen LogP contribution is -2.41. The number of halogens is 9. The van der Waals surface area contributed by atoms with Crippen molar-refractivity contribution in [2.45, 2.75) is 107 Å². The maximum atomic E-state index is 14.8. The second-order valence-electron chi connectivity index (χ2n) is 21.4. The van der Waals surface area contributed by atoms with Crippen molar-refractivity contribution in [3.8, 4) is 17.2 Å². The number of alkyl halides is 6. The van der Waals surface area contributed by atoms with Gasteiger partial charge in [-0.3, -0.25) is 14.3 Å². The summed E-state index contributed by atoms with van der Waals surface area (Å²) in [7, 11) is 2.72. The molecule has 0 atom stereocenters. The Kier molecular flexibility index (Phi) is 17.1. The van der Waals surface area contributed by atoms with Crippen molar-refractivity contribution >= 4 is 69.4 Å². The molecule has 6 aromatic heterocycles. The van der Waals surface area contributed by atoms with E-state index in [0.29, 0.717) is 51.7 Å². The molecule has 2 saturated carbocycles. The zero-order valence-electron chi connectivity index (χ0n) is 46.3. The Bertz CT molecular complexity index is 3880. The number of rotatable bonds is 14. The zero-order valence-corrected chi connectivity index (χ0v) is 47.9. The Morgan fingerprint density at radius 3 is 1.71 bits per heavy atom. The molecule has 446 valence electrons. The van der Waals surface area contributed by atoms with Crippen LogP contribution >= 0.6 is 15.9 Å². The third-order valence-electron chi connectivity index (χ3n) is 14.6. The van der Waals surface area contributed by atoms with E-state index in [2.05, 4.69) is 77.2 Å². The van der Waals surface area contributed by atoms with Crippen LogP contribution < -0.4 is 21.4 Å². The minimum Gasteiger partial charge on any atom is -0.399 e. The smallest absolute Gasteiger partial charge is 0.399 e. The molecule has 0 unspecified atom stereocenters. The summed E-state index contributed by atoms with van der Waals surface area (Å²) in [5, 5.41) is 31.5. The summed E-state index contributed by atoms with van der Waals surface area (Å²) in [6.07, 6.45) is 0.0849. The van der Waals surface area contributed by atoms with Gasteiger partial charge in [0.2, 0.25) is 17.8 Å². The zero-order chi connectivity index (χ0) is 62.1. The van der Waals surface area contributed by atoms with Gasteiger partial charge in [-0.15, -0.1) is 0 Å². The number of nitrogens with zero attached hydrogens (tertiary/aromatic N) is 12. The van der Waals surface area contributed by atoms with Crippen molar-refractivity contribution < 1.29 is 63.1 Å². The lowest BCUT2D eigenvalue weighted by molar-refractivity contribution is -0.166. The van der Waals surface area contributed by atoms with Crippen LogP contribution in [-0.2, 0) is 63.1 Å². The van der Waals surface area contributed by atoms with Gasteiger partial charge in [-0.1, -0.05) is 41.2 Å². The number of hydrogen-bond donors (Lipinski definition) is 3. The number of aromatic nitrogens is 10. The van der Waals surface area contributed by atoms with E-state index in [1.807, 2.05) is 33.8 Å². The van der Waals surface area contributed by atoms with Crippen molar-refractivity contribution in [3.63, 3.8) is 0 Å². The SMILES string of the molecule is CC1(C)OB(c2ccc(CC(=O)Nc3cc(C4(C(F)(F)F)CC4)on3)c(F)c2)OC1(C)C.Cn1cc(Nc2ncc(Br)cn2)c(C#N)n1.[C-]#[N+]c1nn(C)cc1Cc1ncc(-c2ccc(CC(=O)Nc3cc(C4(C(F)(F)F)CC4)on3)c(F)c2)cn1. The van der Waals surface area contributed by atoms with Gasteiger partial charge in [0.05, 0.1) is 34.2 Å². The van der Waals surface area contributed by atoms with Crippen LogP contribution in [-0.4, -0.2) is 92.3 Å². The standard InChI is InChI=1S/C25H19F4N7O2.C21H23BF4N2O4.C9H7BrN6/c1-30-23-16(13-36(2)34-23)8-20-31-11-17(12-32-20)14-3-4-15(18(26)7-14)9-22(37)33-21-10-19(38-35-21)24(5-6-24)25(27,28)29;1-18(2)19(3,4)32-22(31-18)13-6-5-12(14(23)10-13)9-17(29)27-16-11-15(30-28-16)20(7-8-20)21(24,25)26;1-16-5-8(7(2-11)15-16)14-9-12-3-6(10)4-13-9/h3-4,7,10-13H,5-6,8-9H2,2H3,(H,33,35,37);5-6,10-11H,7-9H2,1-4H3,(H,27,28,29);3-5H,1H3,(H,12,13,14). The Morgan fingerprint density at radius 1 is 0.721 bits per heavy atom. The number of amides is 2. The van der Waals surface area contributed by atoms with Crippen LogP contribution in [0, 0.1) is 29.5 Å². The van der Waals surface area contributed by atoms with E-state index in [-0.39, 0.29) is 78.6 Å². The topological polar surface area (TPSA) is 256 Å². The van der Waals surface area contributed by atoms with Gasteiger partial charge in [0, 0.05) is 81.0 Å². The molecule has 3 fully saturated rings. The monoisotopic (exact) mass is 1260 g/mol. The van der Waals surface area contributed by atoms with Gasteiger partial charge in [0.1, 0.15) is 34.4 Å². The molecule has 2 amide bonds. The molecule has 3 aliphatic rings. The molecule has 31 heteroatoms. The summed E-state index contributed by atoms with van der Waals surface area (Å²) in [5.41, 5.74) is -1.91. The fraction of sp³-hybridized carbons (Fsp3) is 0.345. The molecule has 86 heavy (non-hydrogen) atoms.